The summed E-state index contributed by atoms with van der Waals surface area (Å²) in [6, 6.07) is 16.4. The number of aromatic nitrogens is 1. The molecule has 6 heteroatoms. The molecule has 0 atom stereocenters. The average molecular weight is 358 g/mol. The van der Waals surface area contributed by atoms with Crippen molar-refractivity contribution in [2.75, 3.05) is 6.54 Å². The van der Waals surface area contributed by atoms with Crippen LogP contribution in [0.2, 0.25) is 0 Å². The van der Waals surface area contributed by atoms with Crippen molar-refractivity contribution in [3.05, 3.63) is 65.9 Å². The van der Waals surface area contributed by atoms with E-state index in [1.54, 1.807) is 12.1 Å². The number of para-hydroxylation sites is 1. The highest BCUT2D eigenvalue weighted by Gasteiger charge is 2.09. The predicted octanol–water partition coefficient (Wildman–Crippen LogP) is 3.91. The first-order chi connectivity index (χ1) is 12.5. The van der Waals surface area contributed by atoms with Gasteiger partial charge in [-0.2, -0.15) is 8.78 Å². The van der Waals surface area contributed by atoms with Crippen LogP contribution in [0.3, 0.4) is 0 Å². The number of halogens is 2. The van der Waals surface area contributed by atoms with Crippen molar-refractivity contribution in [1.29, 1.82) is 0 Å². The van der Waals surface area contributed by atoms with Gasteiger partial charge in [0.15, 0.2) is 0 Å². The minimum atomic E-state index is -2.83. The molecule has 1 amide bonds. The third-order valence-electron chi connectivity index (χ3n) is 4.20. The van der Waals surface area contributed by atoms with E-state index in [2.05, 4.69) is 16.1 Å². The second-order valence-electron chi connectivity index (χ2n) is 6.05. The van der Waals surface area contributed by atoms with Gasteiger partial charge in [0, 0.05) is 17.8 Å². The molecule has 3 aromatic rings. The van der Waals surface area contributed by atoms with E-state index in [0.717, 1.165) is 22.2 Å². The molecular formula is C20H20F2N2O2. The number of hydrogen-bond acceptors (Lipinski definition) is 2. The minimum absolute atomic E-state index is 0.0629. The number of fused-ring (bicyclic) bond motifs is 1. The van der Waals surface area contributed by atoms with Crippen LogP contribution in [0, 0.1) is 6.92 Å². The number of benzene rings is 2. The average Bonchev–Trinajstić information content (AvgIpc) is 2.92. The maximum absolute atomic E-state index is 12.2. The van der Waals surface area contributed by atoms with Crippen LogP contribution in [0.4, 0.5) is 8.78 Å². The van der Waals surface area contributed by atoms with Gasteiger partial charge >= 0.3 is 6.61 Å². The van der Waals surface area contributed by atoms with Crippen molar-refractivity contribution >= 4 is 16.8 Å². The Morgan fingerprint density at radius 3 is 2.62 bits per heavy atom. The maximum Gasteiger partial charge on any atom is 0.387 e. The Balaban J connectivity index is 1.52. The summed E-state index contributed by atoms with van der Waals surface area (Å²) < 4.78 is 30.5. The highest BCUT2D eigenvalue weighted by Crippen LogP contribution is 2.19. The first-order valence-corrected chi connectivity index (χ1v) is 8.38. The zero-order valence-corrected chi connectivity index (χ0v) is 14.4. The van der Waals surface area contributed by atoms with Crippen LogP contribution in [0.15, 0.2) is 54.6 Å². The summed E-state index contributed by atoms with van der Waals surface area (Å²) in [6.07, 6.45) is 0.617. The van der Waals surface area contributed by atoms with Gasteiger partial charge < -0.3 is 14.6 Å². The predicted molar refractivity (Wildman–Crippen MR) is 96.5 cm³/mol. The van der Waals surface area contributed by atoms with E-state index in [4.69, 9.17) is 0 Å². The van der Waals surface area contributed by atoms with E-state index < -0.39 is 6.61 Å². The van der Waals surface area contributed by atoms with Gasteiger partial charge in [0.25, 0.3) is 0 Å². The molecule has 0 aliphatic rings. The number of carbonyl (C=O) groups is 1. The van der Waals surface area contributed by atoms with Crippen LogP contribution >= 0.6 is 0 Å². The molecule has 0 saturated heterocycles. The van der Waals surface area contributed by atoms with Crippen molar-refractivity contribution in [3.63, 3.8) is 0 Å². The zero-order valence-electron chi connectivity index (χ0n) is 14.4. The number of rotatable bonds is 7. The van der Waals surface area contributed by atoms with Crippen LogP contribution in [-0.2, 0) is 17.8 Å². The molecule has 3 rings (SSSR count). The summed E-state index contributed by atoms with van der Waals surface area (Å²) in [5.41, 5.74) is 3.01. The first kappa shape index (κ1) is 17.9. The topological polar surface area (TPSA) is 43.3 Å². The quantitative estimate of drug-likeness (QED) is 0.696. The number of aryl methyl sites for hydroxylation is 1. The van der Waals surface area contributed by atoms with E-state index in [9.17, 15) is 13.6 Å². The highest BCUT2D eigenvalue weighted by atomic mass is 19.3. The monoisotopic (exact) mass is 358 g/mol. The SMILES string of the molecule is Cc1cc2ccccc2n1CC(=O)NCCc1ccc(OC(F)F)cc1. The lowest BCUT2D eigenvalue weighted by atomic mass is 10.1. The number of amides is 1. The molecule has 26 heavy (non-hydrogen) atoms. The number of alkyl halides is 2. The first-order valence-electron chi connectivity index (χ1n) is 8.38. The summed E-state index contributed by atoms with van der Waals surface area (Å²) in [7, 11) is 0. The molecule has 2 aromatic carbocycles. The molecule has 1 aromatic heterocycles. The molecule has 0 spiro atoms. The molecular weight excluding hydrogens is 338 g/mol. The molecule has 0 radical (unpaired) electrons. The van der Waals surface area contributed by atoms with Crippen LogP contribution < -0.4 is 10.1 Å². The molecule has 0 saturated carbocycles. The van der Waals surface area contributed by atoms with Crippen LogP contribution in [0.25, 0.3) is 10.9 Å². The van der Waals surface area contributed by atoms with Gasteiger partial charge in [-0.25, -0.2) is 0 Å². The smallest absolute Gasteiger partial charge is 0.387 e. The summed E-state index contributed by atoms with van der Waals surface area (Å²) in [5.74, 6) is 0.0647. The Labute approximate surface area is 150 Å². The Kier molecular flexibility index (Phi) is 5.51. The molecule has 0 aliphatic carbocycles. The minimum Gasteiger partial charge on any atom is -0.435 e. The molecule has 0 bridgehead atoms. The standard InChI is InChI=1S/C20H20F2N2O2/c1-14-12-16-4-2-3-5-18(16)24(14)13-19(25)23-11-10-15-6-8-17(9-7-15)26-20(21)22/h2-9,12,20H,10-11,13H2,1H3,(H,23,25). The van der Waals surface area contributed by atoms with Gasteiger partial charge in [0.2, 0.25) is 5.91 Å². The van der Waals surface area contributed by atoms with E-state index >= 15 is 0 Å². The van der Waals surface area contributed by atoms with Gasteiger partial charge in [-0.3, -0.25) is 4.79 Å². The van der Waals surface area contributed by atoms with Gasteiger partial charge in [-0.15, -0.1) is 0 Å². The van der Waals surface area contributed by atoms with E-state index in [0.29, 0.717) is 13.0 Å². The van der Waals surface area contributed by atoms with E-state index in [1.165, 1.54) is 12.1 Å². The van der Waals surface area contributed by atoms with E-state index in [1.807, 2.05) is 35.8 Å². The molecule has 1 heterocycles. The van der Waals surface area contributed by atoms with Gasteiger partial charge in [-0.05, 0) is 48.6 Å². The van der Waals surface area contributed by atoms with Crippen molar-refractivity contribution in [2.45, 2.75) is 26.5 Å². The fourth-order valence-electron chi connectivity index (χ4n) is 2.94. The van der Waals surface area contributed by atoms with Crippen molar-refractivity contribution in [2.24, 2.45) is 0 Å². The van der Waals surface area contributed by atoms with Crippen molar-refractivity contribution in [1.82, 2.24) is 9.88 Å². The fourth-order valence-corrected chi connectivity index (χ4v) is 2.94. The summed E-state index contributed by atoms with van der Waals surface area (Å²) in [6.45, 7) is -0.100. The summed E-state index contributed by atoms with van der Waals surface area (Å²) in [5, 5.41) is 4.01. The zero-order chi connectivity index (χ0) is 18.5. The van der Waals surface area contributed by atoms with Crippen molar-refractivity contribution in [3.8, 4) is 5.75 Å². The Morgan fingerprint density at radius 2 is 1.88 bits per heavy atom. The molecule has 136 valence electrons. The van der Waals surface area contributed by atoms with Gasteiger partial charge in [0.1, 0.15) is 12.3 Å². The normalized spacial score (nSPS) is 11.1. The molecule has 0 aliphatic heterocycles. The lowest BCUT2D eigenvalue weighted by Gasteiger charge is -2.10. The number of nitrogens with one attached hydrogen (secondary N) is 1. The van der Waals surface area contributed by atoms with Crippen LogP contribution in [0.1, 0.15) is 11.3 Å². The van der Waals surface area contributed by atoms with Crippen molar-refractivity contribution < 1.29 is 18.3 Å². The summed E-state index contributed by atoms with van der Waals surface area (Å²) >= 11 is 0. The Morgan fingerprint density at radius 1 is 1.15 bits per heavy atom. The molecule has 1 N–H and O–H groups in total. The maximum atomic E-state index is 12.2. The highest BCUT2D eigenvalue weighted by molar-refractivity contribution is 5.84. The van der Waals surface area contributed by atoms with Crippen LogP contribution in [-0.4, -0.2) is 23.6 Å². The molecule has 0 unspecified atom stereocenters. The van der Waals surface area contributed by atoms with E-state index in [-0.39, 0.29) is 18.2 Å². The fraction of sp³-hybridized carbons (Fsp3) is 0.250. The van der Waals surface area contributed by atoms with Gasteiger partial charge in [0.05, 0.1) is 0 Å². The number of hydrogen-bond donors (Lipinski definition) is 1. The largest absolute Gasteiger partial charge is 0.435 e. The third-order valence-corrected chi connectivity index (χ3v) is 4.20. The molecule has 4 nitrogen and oxygen atoms in total. The second kappa shape index (κ2) is 7.99. The summed E-state index contributed by atoms with van der Waals surface area (Å²) in [4.78, 5) is 12.2. The Hall–Kier alpha value is -2.89. The Bertz CT molecular complexity index is 888. The number of carbonyl (C=O) groups excluding carboxylic acids is 1. The lowest BCUT2D eigenvalue weighted by Crippen LogP contribution is -2.29. The number of ether oxygens (including phenoxy) is 1. The second-order valence-corrected chi connectivity index (χ2v) is 6.05. The number of nitrogens with zero attached hydrogens (tertiary/aromatic N) is 1. The van der Waals surface area contributed by atoms with Gasteiger partial charge in [-0.1, -0.05) is 30.3 Å². The lowest BCUT2D eigenvalue weighted by molar-refractivity contribution is -0.121. The van der Waals surface area contributed by atoms with Crippen LogP contribution in [0.5, 0.6) is 5.75 Å². The third kappa shape index (κ3) is 4.39. The molecule has 0 fully saturated rings.